The van der Waals surface area contributed by atoms with E-state index in [1.165, 1.54) is 24.0 Å². The maximum atomic E-state index is 12.5. The number of piperazine rings is 1. The first-order valence-corrected chi connectivity index (χ1v) is 10.1. The number of urea groups is 1. The number of para-hydroxylation sites is 1. The monoisotopic (exact) mass is 446 g/mol. The standard InChI is InChI=1S/C19H23BN4O8/c1-3-23-7-8-24(17(27)16(23)26)19(30)21-10(2)15(25)22-13-9-11-5-4-6-12(18(28)29)14(11)32-20(13)31/h4-6,10,13,31H,3,7-9H2,1-2H3,(H,21,30)(H,22,25)(H,28,29)/t10-,13-/m0/s1. The second-order valence-electron chi connectivity index (χ2n) is 7.44. The van der Waals surface area contributed by atoms with Gasteiger partial charge in [-0.15, -0.1) is 0 Å². The van der Waals surface area contributed by atoms with Crippen molar-refractivity contribution < 1.29 is 38.8 Å². The molecular formula is C19H23BN4O8. The van der Waals surface area contributed by atoms with Gasteiger partial charge in [-0.3, -0.25) is 19.3 Å². The van der Waals surface area contributed by atoms with E-state index in [2.05, 4.69) is 10.6 Å². The van der Waals surface area contributed by atoms with E-state index in [4.69, 9.17) is 4.65 Å². The highest BCUT2D eigenvalue weighted by atomic mass is 16.5. The molecule has 2 atom stereocenters. The number of carboxylic acid groups (broad SMARTS) is 1. The molecule has 1 saturated heterocycles. The largest absolute Gasteiger partial charge is 0.547 e. The summed E-state index contributed by atoms with van der Waals surface area (Å²) in [6.07, 6.45) is 0.107. The molecule has 0 saturated carbocycles. The first kappa shape index (κ1) is 23.1. The molecule has 0 spiro atoms. The van der Waals surface area contributed by atoms with Gasteiger partial charge in [0.2, 0.25) is 5.91 Å². The van der Waals surface area contributed by atoms with Gasteiger partial charge < -0.3 is 30.3 Å². The molecule has 3 rings (SSSR count). The summed E-state index contributed by atoms with van der Waals surface area (Å²) in [6.45, 7) is 3.67. The van der Waals surface area contributed by atoms with Crippen LogP contribution in [0.15, 0.2) is 18.2 Å². The number of nitrogens with one attached hydrogen (secondary N) is 2. The number of benzene rings is 1. The van der Waals surface area contributed by atoms with Crippen LogP contribution < -0.4 is 15.3 Å². The molecule has 0 aliphatic carbocycles. The second kappa shape index (κ2) is 9.26. The third-order valence-corrected chi connectivity index (χ3v) is 5.35. The minimum atomic E-state index is -1.50. The fourth-order valence-corrected chi connectivity index (χ4v) is 3.52. The lowest BCUT2D eigenvalue weighted by Crippen LogP contribution is -2.61. The van der Waals surface area contributed by atoms with Crippen LogP contribution >= 0.6 is 0 Å². The number of rotatable bonds is 5. The Morgan fingerprint density at radius 2 is 1.97 bits per heavy atom. The van der Waals surface area contributed by atoms with Crippen LogP contribution in [-0.2, 0) is 20.8 Å². The zero-order valence-corrected chi connectivity index (χ0v) is 17.5. The fourth-order valence-electron chi connectivity index (χ4n) is 3.52. The fraction of sp³-hybridized carbons (Fsp3) is 0.421. The normalized spacial score (nSPS) is 19.1. The van der Waals surface area contributed by atoms with Crippen LogP contribution in [0, 0.1) is 0 Å². The van der Waals surface area contributed by atoms with Gasteiger partial charge in [-0.2, -0.15) is 0 Å². The average Bonchev–Trinajstić information content (AvgIpc) is 2.75. The first-order chi connectivity index (χ1) is 15.1. The second-order valence-corrected chi connectivity index (χ2v) is 7.44. The first-order valence-electron chi connectivity index (χ1n) is 10.1. The lowest BCUT2D eigenvalue weighted by atomic mass is 9.72. The van der Waals surface area contributed by atoms with Crippen LogP contribution in [0.25, 0.3) is 0 Å². The highest BCUT2D eigenvalue weighted by Crippen LogP contribution is 2.30. The van der Waals surface area contributed by atoms with Gasteiger partial charge in [0.05, 0.1) is 11.5 Å². The molecule has 0 aromatic heterocycles. The molecule has 1 aromatic rings. The van der Waals surface area contributed by atoms with Crippen molar-refractivity contribution in [3.63, 3.8) is 0 Å². The number of nitrogens with zero attached hydrogens (tertiary/aromatic N) is 2. The minimum absolute atomic E-state index is 0.0104. The highest BCUT2D eigenvalue weighted by molar-refractivity contribution is 6.47. The number of hydrogen-bond donors (Lipinski definition) is 4. The number of likely N-dealkylation sites (N-methyl/N-ethyl adjacent to an activating group) is 1. The van der Waals surface area contributed by atoms with Crippen LogP contribution in [0.2, 0.25) is 0 Å². The average molecular weight is 446 g/mol. The Morgan fingerprint density at radius 3 is 2.62 bits per heavy atom. The smallest absolute Gasteiger partial charge is 0.534 e. The molecule has 32 heavy (non-hydrogen) atoms. The van der Waals surface area contributed by atoms with E-state index >= 15 is 0 Å². The summed E-state index contributed by atoms with van der Waals surface area (Å²) in [5, 5.41) is 24.4. The molecule has 1 aromatic carbocycles. The predicted molar refractivity (Wildman–Crippen MR) is 110 cm³/mol. The Hall–Kier alpha value is -3.61. The number of aromatic carboxylic acids is 1. The molecule has 0 unspecified atom stereocenters. The van der Waals surface area contributed by atoms with E-state index in [1.807, 2.05) is 0 Å². The van der Waals surface area contributed by atoms with Crippen LogP contribution in [-0.4, -0.2) is 88.4 Å². The molecule has 13 heteroatoms. The summed E-state index contributed by atoms with van der Waals surface area (Å²) in [6, 6.07) is 2.53. The number of imide groups is 1. The number of carbonyl (C=O) groups is 5. The Balaban J connectivity index is 1.61. The molecule has 1 fully saturated rings. The van der Waals surface area contributed by atoms with E-state index in [-0.39, 0.29) is 30.8 Å². The summed E-state index contributed by atoms with van der Waals surface area (Å²) < 4.78 is 5.32. The van der Waals surface area contributed by atoms with E-state index in [9.17, 15) is 34.1 Å². The van der Waals surface area contributed by atoms with Gasteiger partial charge in [0.15, 0.2) is 0 Å². The van der Waals surface area contributed by atoms with E-state index in [0.717, 1.165) is 4.90 Å². The Bertz CT molecular complexity index is 971. The topological polar surface area (TPSA) is 166 Å². The number of carboxylic acids is 1. The molecular weight excluding hydrogens is 423 g/mol. The van der Waals surface area contributed by atoms with Gasteiger partial charge in [-0.1, -0.05) is 12.1 Å². The van der Waals surface area contributed by atoms with Crippen molar-refractivity contribution >= 4 is 36.8 Å². The molecule has 12 nitrogen and oxygen atoms in total. The van der Waals surface area contributed by atoms with Crippen molar-refractivity contribution in [2.75, 3.05) is 19.6 Å². The third kappa shape index (κ3) is 4.52. The van der Waals surface area contributed by atoms with Gasteiger partial charge in [0.25, 0.3) is 0 Å². The quantitative estimate of drug-likeness (QED) is 0.317. The number of carbonyl (C=O) groups excluding carboxylic acids is 4. The van der Waals surface area contributed by atoms with Crippen LogP contribution in [0.3, 0.4) is 0 Å². The van der Waals surface area contributed by atoms with Crippen LogP contribution in [0.1, 0.15) is 29.8 Å². The molecule has 0 bridgehead atoms. The van der Waals surface area contributed by atoms with Crippen molar-refractivity contribution in [3.05, 3.63) is 29.3 Å². The molecule has 0 radical (unpaired) electrons. The SMILES string of the molecule is CCN1CCN(C(=O)N[C@@H](C)C(=O)N[C@H]2Cc3cccc(C(=O)O)c3OB2O)C(=O)C1=O. The Kier molecular flexibility index (Phi) is 6.68. The predicted octanol–water partition coefficient (Wildman–Crippen LogP) is -1.39. The number of fused-ring (bicyclic) bond motifs is 1. The zero-order valence-electron chi connectivity index (χ0n) is 17.5. The van der Waals surface area contributed by atoms with E-state index in [1.54, 1.807) is 13.0 Å². The number of amides is 5. The van der Waals surface area contributed by atoms with Crippen molar-refractivity contribution in [2.45, 2.75) is 32.3 Å². The van der Waals surface area contributed by atoms with Gasteiger partial charge in [0, 0.05) is 19.6 Å². The lowest BCUT2D eigenvalue weighted by molar-refractivity contribution is -0.153. The van der Waals surface area contributed by atoms with Gasteiger partial charge in [-0.25, -0.2) is 9.59 Å². The summed E-state index contributed by atoms with van der Waals surface area (Å²) in [5.41, 5.74) is 0.393. The summed E-state index contributed by atoms with van der Waals surface area (Å²) in [7, 11) is -1.50. The Morgan fingerprint density at radius 1 is 1.25 bits per heavy atom. The van der Waals surface area contributed by atoms with E-state index < -0.39 is 48.8 Å². The lowest BCUT2D eigenvalue weighted by Gasteiger charge is -2.32. The van der Waals surface area contributed by atoms with Crippen LogP contribution in [0.4, 0.5) is 4.79 Å². The van der Waals surface area contributed by atoms with Gasteiger partial charge >= 0.3 is 30.9 Å². The molecule has 170 valence electrons. The maximum Gasteiger partial charge on any atom is 0.547 e. The molecule has 4 N–H and O–H groups in total. The minimum Gasteiger partial charge on any atom is -0.534 e. The van der Waals surface area contributed by atoms with Gasteiger partial charge in [0.1, 0.15) is 11.8 Å². The van der Waals surface area contributed by atoms with Crippen molar-refractivity contribution in [2.24, 2.45) is 0 Å². The molecule has 5 amide bonds. The molecule has 2 aliphatic rings. The molecule has 2 heterocycles. The number of hydrogen-bond acceptors (Lipinski definition) is 7. The summed E-state index contributed by atoms with van der Waals surface area (Å²) in [5.74, 6) is -4.48. The van der Waals surface area contributed by atoms with Crippen molar-refractivity contribution in [3.8, 4) is 5.75 Å². The van der Waals surface area contributed by atoms with Crippen LogP contribution in [0.5, 0.6) is 5.75 Å². The summed E-state index contributed by atoms with van der Waals surface area (Å²) in [4.78, 5) is 62.4. The van der Waals surface area contributed by atoms with E-state index in [0.29, 0.717) is 12.1 Å². The highest BCUT2D eigenvalue weighted by Gasteiger charge is 2.39. The third-order valence-electron chi connectivity index (χ3n) is 5.35. The van der Waals surface area contributed by atoms with Crippen molar-refractivity contribution in [1.29, 1.82) is 0 Å². The maximum absolute atomic E-state index is 12.5. The molecule has 2 aliphatic heterocycles. The zero-order chi connectivity index (χ0) is 23.6. The Labute approximate surface area is 183 Å². The van der Waals surface area contributed by atoms with Crippen molar-refractivity contribution in [1.82, 2.24) is 20.4 Å². The van der Waals surface area contributed by atoms with Gasteiger partial charge in [-0.05, 0) is 31.9 Å². The summed E-state index contributed by atoms with van der Waals surface area (Å²) >= 11 is 0.